The van der Waals surface area contributed by atoms with Crippen molar-refractivity contribution in [2.45, 2.75) is 5.92 Å². The minimum absolute atomic E-state index is 0.136. The van der Waals surface area contributed by atoms with Gasteiger partial charge in [-0.1, -0.05) is 6.07 Å². The van der Waals surface area contributed by atoms with Crippen molar-refractivity contribution in [1.82, 2.24) is 15.5 Å². The van der Waals surface area contributed by atoms with Gasteiger partial charge in [0.2, 0.25) is 0 Å². The first-order chi connectivity index (χ1) is 14.1. The van der Waals surface area contributed by atoms with Gasteiger partial charge >= 0.3 is 0 Å². The lowest BCUT2D eigenvalue weighted by Crippen LogP contribution is -2.40. The molecule has 4 rings (SSSR count). The van der Waals surface area contributed by atoms with Gasteiger partial charge in [0.25, 0.3) is 0 Å². The average Bonchev–Trinajstić information content (AvgIpc) is 2.69. The standard InChI is InChI=1S/C22H23N5O2/c1-24-10-15-7-14(9-21(29-2)22(15)23)13-3-4-17(20(28)8-13)19-6-5-18(26-27-19)16-11-25-12-16/h3-10,16,25,28H,11-12,23H2,1-2H3. The molecule has 0 radical (unpaired) electrons. The number of nitrogen functional groups attached to an aromatic ring is 1. The van der Waals surface area contributed by atoms with Gasteiger partial charge in [0.1, 0.15) is 11.5 Å². The van der Waals surface area contributed by atoms with Crippen LogP contribution in [0.25, 0.3) is 22.4 Å². The monoisotopic (exact) mass is 389 g/mol. The molecule has 0 saturated carbocycles. The quantitative estimate of drug-likeness (QED) is 0.458. The number of phenols is 1. The van der Waals surface area contributed by atoms with Crippen LogP contribution >= 0.6 is 0 Å². The van der Waals surface area contributed by atoms with Crippen LogP contribution < -0.4 is 15.8 Å². The number of ether oxygens (including phenoxy) is 1. The van der Waals surface area contributed by atoms with Crippen LogP contribution in [-0.2, 0) is 0 Å². The number of rotatable bonds is 5. The summed E-state index contributed by atoms with van der Waals surface area (Å²) in [6.07, 6.45) is 1.68. The van der Waals surface area contributed by atoms with Gasteiger partial charge < -0.3 is 20.9 Å². The molecule has 1 aromatic heterocycles. The molecule has 2 heterocycles. The van der Waals surface area contributed by atoms with Gasteiger partial charge in [-0.05, 0) is 47.5 Å². The van der Waals surface area contributed by atoms with E-state index in [0.29, 0.717) is 28.6 Å². The number of aliphatic imine (C=N–C) groups is 1. The van der Waals surface area contributed by atoms with Gasteiger partial charge in [-0.3, -0.25) is 4.99 Å². The molecule has 29 heavy (non-hydrogen) atoms. The number of hydrogen-bond acceptors (Lipinski definition) is 7. The van der Waals surface area contributed by atoms with Gasteiger partial charge in [-0.2, -0.15) is 10.2 Å². The number of aromatic nitrogens is 2. The van der Waals surface area contributed by atoms with Gasteiger partial charge in [-0.15, -0.1) is 0 Å². The normalized spacial score (nSPS) is 14.1. The Hall–Kier alpha value is -3.45. The number of nitrogens with two attached hydrogens (primary N) is 1. The molecule has 0 atom stereocenters. The molecule has 7 nitrogen and oxygen atoms in total. The molecule has 1 aliphatic rings. The van der Waals surface area contributed by atoms with Gasteiger partial charge in [0.15, 0.2) is 0 Å². The summed E-state index contributed by atoms with van der Waals surface area (Å²) in [7, 11) is 3.26. The van der Waals surface area contributed by atoms with Crippen LogP contribution in [0.2, 0.25) is 0 Å². The molecule has 1 aliphatic heterocycles. The predicted molar refractivity (Wildman–Crippen MR) is 115 cm³/mol. The third kappa shape index (κ3) is 3.64. The van der Waals surface area contributed by atoms with E-state index in [0.717, 1.165) is 35.5 Å². The van der Waals surface area contributed by atoms with Crippen molar-refractivity contribution in [2.75, 3.05) is 33.0 Å². The Balaban J connectivity index is 1.67. The molecule has 4 N–H and O–H groups in total. The van der Waals surface area contributed by atoms with Crippen molar-refractivity contribution >= 4 is 11.9 Å². The minimum Gasteiger partial charge on any atom is -0.507 e. The van der Waals surface area contributed by atoms with E-state index in [1.165, 1.54) is 0 Å². The maximum Gasteiger partial charge on any atom is 0.143 e. The molecule has 0 spiro atoms. The molecular formula is C22H23N5O2. The zero-order valence-corrected chi connectivity index (χ0v) is 16.4. The van der Waals surface area contributed by atoms with Crippen molar-refractivity contribution in [3.8, 4) is 33.9 Å². The van der Waals surface area contributed by atoms with Gasteiger partial charge in [-0.25, -0.2) is 0 Å². The lowest BCUT2D eigenvalue weighted by atomic mass is 9.97. The fraction of sp³-hybridized carbons (Fsp3) is 0.227. The summed E-state index contributed by atoms with van der Waals surface area (Å²) in [4.78, 5) is 4.05. The molecule has 2 aromatic carbocycles. The summed E-state index contributed by atoms with van der Waals surface area (Å²) < 4.78 is 5.39. The highest BCUT2D eigenvalue weighted by Gasteiger charge is 2.21. The van der Waals surface area contributed by atoms with Crippen LogP contribution in [0.15, 0.2) is 47.5 Å². The molecule has 0 amide bonds. The van der Waals surface area contributed by atoms with Crippen LogP contribution in [0.4, 0.5) is 5.69 Å². The number of nitrogens with one attached hydrogen (secondary N) is 1. The molecule has 7 heteroatoms. The Morgan fingerprint density at radius 3 is 2.55 bits per heavy atom. The van der Waals surface area contributed by atoms with E-state index in [2.05, 4.69) is 20.5 Å². The van der Waals surface area contributed by atoms with Crippen LogP contribution in [0.5, 0.6) is 11.5 Å². The first-order valence-electron chi connectivity index (χ1n) is 9.38. The highest BCUT2D eigenvalue weighted by molar-refractivity contribution is 5.92. The van der Waals surface area contributed by atoms with Crippen LogP contribution in [-0.4, -0.2) is 48.8 Å². The van der Waals surface area contributed by atoms with E-state index in [1.807, 2.05) is 36.4 Å². The number of benzene rings is 2. The van der Waals surface area contributed by atoms with Crippen molar-refractivity contribution in [1.29, 1.82) is 0 Å². The van der Waals surface area contributed by atoms with E-state index >= 15 is 0 Å². The molecule has 3 aromatic rings. The summed E-state index contributed by atoms with van der Waals surface area (Å²) in [6, 6.07) is 13.1. The van der Waals surface area contributed by atoms with E-state index in [-0.39, 0.29) is 5.75 Å². The summed E-state index contributed by atoms with van der Waals surface area (Å²) in [5.74, 6) is 1.12. The van der Waals surface area contributed by atoms with Crippen molar-refractivity contribution in [3.05, 3.63) is 53.7 Å². The molecule has 1 fully saturated rings. The van der Waals surface area contributed by atoms with E-state index in [1.54, 1.807) is 26.4 Å². The van der Waals surface area contributed by atoms with Crippen LogP contribution in [0.3, 0.4) is 0 Å². The summed E-state index contributed by atoms with van der Waals surface area (Å²) >= 11 is 0. The number of hydrogen-bond donors (Lipinski definition) is 3. The lowest BCUT2D eigenvalue weighted by molar-refractivity contribution is 0.417. The SMILES string of the molecule is CN=Cc1cc(-c2ccc(-c3ccc(C4CNC4)nn3)c(O)c2)cc(OC)c1N. The maximum absolute atomic E-state index is 10.6. The third-order valence-corrected chi connectivity index (χ3v) is 5.15. The molecule has 0 aliphatic carbocycles. The number of phenolic OH excluding ortho intramolecular Hbond substituents is 1. The lowest BCUT2D eigenvalue weighted by Gasteiger charge is -2.25. The summed E-state index contributed by atoms with van der Waals surface area (Å²) in [6.45, 7) is 1.87. The smallest absolute Gasteiger partial charge is 0.143 e. The average molecular weight is 389 g/mol. The van der Waals surface area contributed by atoms with E-state index in [9.17, 15) is 5.11 Å². The second kappa shape index (κ2) is 7.89. The van der Waals surface area contributed by atoms with Crippen molar-refractivity contribution in [3.63, 3.8) is 0 Å². The first-order valence-corrected chi connectivity index (χ1v) is 9.38. The second-order valence-electron chi connectivity index (χ2n) is 7.00. The highest BCUT2D eigenvalue weighted by Crippen LogP contribution is 2.36. The maximum atomic E-state index is 10.6. The first kappa shape index (κ1) is 18.9. The van der Waals surface area contributed by atoms with E-state index in [4.69, 9.17) is 10.5 Å². The highest BCUT2D eigenvalue weighted by atomic mass is 16.5. The Labute approximate surface area is 169 Å². The Bertz CT molecular complexity index is 1060. The fourth-order valence-corrected chi connectivity index (χ4v) is 3.36. The number of aromatic hydroxyl groups is 1. The predicted octanol–water partition coefficient (Wildman–Crippen LogP) is 2.84. The zero-order valence-electron chi connectivity index (χ0n) is 16.4. The fourth-order valence-electron chi connectivity index (χ4n) is 3.36. The molecule has 148 valence electrons. The number of methoxy groups -OCH3 is 1. The third-order valence-electron chi connectivity index (χ3n) is 5.15. The molecule has 1 saturated heterocycles. The summed E-state index contributed by atoms with van der Waals surface area (Å²) in [5, 5.41) is 22.5. The topological polar surface area (TPSA) is 106 Å². The second-order valence-corrected chi connectivity index (χ2v) is 7.00. The number of nitrogens with zero attached hydrogens (tertiary/aromatic N) is 3. The molecule has 0 unspecified atom stereocenters. The summed E-state index contributed by atoms with van der Waals surface area (Å²) in [5.41, 5.74) is 11.4. The Kier molecular flexibility index (Phi) is 5.14. The van der Waals surface area contributed by atoms with Crippen LogP contribution in [0.1, 0.15) is 17.2 Å². The molecule has 0 bridgehead atoms. The zero-order chi connectivity index (χ0) is 20.4. The van der Waals surface area contributed by atoms with Gasteiger partial charge in [0.05, 0.1) is 24.2 Å². The number of anilines is 1. The van der Waals surface area contributed by atoms with E-state index < -0.39 is 0 Å². The minimum atomic E-state index is 0.136. The van der Waals surface area contributed by atoms with Crippen molar-refractivity contribution in [2.24, 2.45) is 4.99 Å². The van der Waals surface area contributed by atoms with Gasteiger partial charge in [0, 0.05) is 43.4 Å². The largest absolute Gasteiger partial charge is 0.507 e. The Morgan fingerprint density at radius 1 is 1.14 bits per heavy atom. The van der Waals surface area contributed by atoms with Crippen molar-refractivity contribution < 1.29 is 9.84 Å². The van der Waals surface area contributed by atoms with Crippen LogP contribution in [0, 0.1) is 0 Å². The molecular weight excluding hydrogens is 366 g/mol. The Morgan fingerprint density at radius 2 is 1.97 bits per heavy atom.